The number of anilines is 1. The Balaban J connectivity index is 1.92. The molecule has 0 aliphatic carbocycles. The second-order valence-corrected chi connectivity index (χ2v) is 8.98. The van der Waals surface area contributed by atoms with Crippen LogP contribution in [0.1, 0.15) is 23.9 Å². The highest BCUT2D eigenvalue weighted by atomic mass is 32.2. The van der Waals surface area contributed by atoms with Gasteiger partial charge in [-0.3, -0.25) is 9.48 Å². The number of benzene rings is 1. The van der Waals surface area contributed by atoms with Gasteiger partial charge in [0.15, 0.2) is 0 Å². The predicted octanol–water partition coefficient (Wildman–Crippen LogP) is 1.73. The average Bonchev–Trinajstić information content (AvgIpc) is 3.03. The zero-order valence-corrected chi connectivity index (χ0v) is 16.5. The fraction of sp³-hybridized carbons (Fsp3) is 0.444. The summed E-state index contributed by atoms with van der Waals surface area (Å²) in [6, 6.07) is 7.94. The standard InChI is InChI=1S/C18H24N4O3S/c1-12-10-15-8-6-7-9-16(15)22(12)17(23)11-21-14(3)18(13(2)19-21)26(24,25)20(4)5/h6-9,12H,10-11H2,1-5H3/t12-/m1/s1. The third kappa shape index (κ3) is 2.93. The summed E-state index contributed by atoms with van der Waals surface area (Å²) < 4.78 is 27.7. The van der Waals surface area contributed by atoms with E-state index in [0.717, 1.165) is 22.0 Å². The highest BCUT2D eigenvalue weighted by molar-refractivity contribution is 7.89. The number of aryl methyl sites for hydroxylation is 1. The number of nitrogens with zero attached hydrogens (tertiary/aromatic N) is 4. The van der Waals surface area contributed by atoms with Crippen LogP contribution in [0, 0.1) is 13.8 Å². The fourth-order valence-corrected chi connectivity index (χ4v) is 4.80. The first-order valence-corrected chi connectivity index (χ1v) is 9.95. The number of rotatable bonds is 4. The molecule has 1 aromatic heterocycles. The molecule has 1 aliphatic rings. The molecule has 2 heterocycles. The van der Waals surface area contributed by atoms with Gasteiger partial charge in [0.2, 0.25) is 15.9 Å². The van der Waals surface area contributed by atoms with Gasteiger partial charge in [0.25, 0.3) is 0 Å². The van der Waals surface area contributed by atoms with Crippen LogP contribution in [-0.4, -0.2) is 48.5 Å². The van der Waals surface area contributed by atoms with Crippen LogP contribution in [0.5, 0.6) is 0 Å². The summed E-state index contributed by atoms with van der Waals surface area (Å²) in [5, 5.41) is 4.31. The van der Waals surface area contributed by atoms with Crippen molar-refractivity contribution in [2.24, 2.45) is 0 Å². The average molecular weight is 376 g/mol. The zero-order chi connectivity index (χ0) is 19.2. The number of amides is 1. The van der Waals surface area contributed by atoms with Gasteiger partial charge in [-0.15, -0.1) is 0 Å². The minimum Gasteiger partial charge on any atom is -0.307 e. The third-order valence-electron chi connectivity index (χ3n) is 4.81. The first kappa shape index (κ1) is 18.6. The molecule has 8 heteroatoms. The Morgan fingerprint density at radius 3 is 2.58 bits per heavy atom. The van der Waals surface area contributed by atoms with Gasteiger partial charge in [-0.2, -0.15) is 5.10 Å². The van der Waals surface area contributed by atoms with Crippen LogP contribution in [-0.2, 0) is 27.8 Å². The van der Waals surface area contributed by atoms with Gasteiger partial charge < -0.3 is 4.90 Å². The molecule has 0 saturated carbocycles. The summed E-state index contributed by atoms with van der Waals surface area (Å²) in [5.74, 6) is -0.0955. The second-order valence-electron chi connectivity index (χ2n) is 6.89. The maximum atomic E-state index is 12.9. The van der Waals surface area contributed by atoms with E-state index in [9.17, 15) is 13.2 Å². The maximum absolute atomic E-state index is 12.9. The first-order valence-electron chi connectivity index (χ1n) is 8.51. The molecular weight excluding hydrogens is 352 g/mol. The third-order valence-corrected chi connectivity index (χ3v) is 6.88. The summed E-state index contributed by atoms with van der Waals surface area (Å²) >= 11 is 0. The zero-order valence-electron chi connectivity index (χ0n) is 15.7. The van der Waals surface area contributed by atoms with Crippen molar-refractivity contribution in [2.75, 3.05) is 19.0 Å². The highest BCUT2D eigenvalue weighted by Gasteiger charge is 2.32. The number of hydrogen-bond acceptors (Lipinski definition) is 4. The smallest absolute Gasteiger partial charge is 0.248 e. The van der Waals surface area contributed by atoms with E-state index >= 15 is 0 Å². The van der Waals surface area contributed by atoms with Crippen LogP contribution in [0.2, 0.25) is 0 Å². The minimum atomic E-state index is -3.61. The monoisotopic (exact) mass is 376 g/mol. The van der Waals surface area contributed by atoms with Gasteiger partial charge in [-0.25, -0.2) is 12.7 Å². The number of aromatic nitrogens is 2. The molecule has 1 atom stereocenters. The van der Waals surface area contributed by atoms with E-state index in [4.69, 9.17) is 0 Å². The van der Waals surface area contributed by atoms with E-state index in [-0.39, 0.29) is 23.4 Å². The molecule has 1 amide bonds. The largest absolute Gasteiger partial charge is 0.307 e. The lowest BCUT2D eigenvalue weighted by Gasteiger charge is -2.23. The van der Waals surface area contributed by atoms with Gasteiger partial charge >= 0.3 is 0 Å². The fourth-order valence-electron chi connectivity index (χ4n) is 3.54. The van der Waals surface area contributed by atoms with Gasteiger partial charge in [0, 0.05) is 25.8 Å². The van der Waals surface area contributed by atoms with Crippen LogP contribution in [0.15, 0.2) is 29.2 Å². The van der Waals surface area contributed by atoms with Crippen molar-refractivity contribution in [3.8, 4) is 0 Å². The summed E-state index contributed by atoms with van der Waals surface area (Å²) in [5.41, 5.74) is 2.95. The molecule has 0 radical (unpaired) electrons. The molecule has 3 rings (SSSR count). The second kappa shape index (κ2) is 6.51. The Morgan fingerprint density at radius 2 is 1.92 bits per heavy atom. The summed E-state index contributed by atoms with van der Waals surface area (Å²) in [7, 11) is -0.635. The molecular formula is C18H24N4O3S. The molecule has 0 unspecified atom stereocenters. The Kier molecular flexibility index (Phi) is 4.66. The number of carbonyl (C=O) groups is 1. The van der Waals surface area contributed by atoms with Gasteiger partial charge in [0.1, 0.15) is 11.4 Å². The molecule has 140 valence electrons. The van der Waals surface area contributed by atoms with Crippen molar-refractivity contribution in [1.82, 2.24) is 14.1 Å². The lowest BCUT2D eigenvalue weighted by molar-refractivity contribution is -0.119. The molecule has 0 bridgehead atoms. The van der Waals surface area contributed by atoms with Gasteiger partial charge in [0.05, 0.1) is 11.4 Å². The van der Waals surface area contributed by atoms with Crippen LogP contribution in [0.25, 0.3) is 0 Å². The van der Waals surface area contributed by atoms with Crippen molar-refractivity contribution in [3.05, 3.63) is 41.2 Å². The predicted molar refractivity (Wildman–Crippen MR) is 99.7 cm³/mol. The molecule has 0 saturated heterocycles. The van der Waals surface area contributed by atoms with E-state index in [0.29, 0.717) is 11.4 Å². The van der Waals surface area contributed by atoms with Crippen molar-refractivity contribution in [3.63, 3.8) is 0 Å². The van der Waals surface area contributed by atoms with Crippen LogP contribution in [0.4, 0.5) is 5.69 Å². The SMILES string of the molecule is Cc1nn(CC(=O)N2c3ccccc3C[C@H]2C)c(C)c1S(=O)(=O)N(C)C. The highest BCUT2D eigenvalue weighted by Crippen LogP contribution is 2.32. The maximum Gasteiger partial charge on any atom is 0.248 e. The number of carbonyl (C=O) groups excluding carboxylic acids is 1. The normalized spacial score (nSPS) is 17.0. The lowest BCUT2D eigenvalue weighted by Crippen LogP contribution is -2.38. The quantitative estimate of drug-likeness (QED) is 0.814. The van der Waals surface area contributed by atoms with Crippen molar-refractivity contribution < 1.29 is 13.2 Å². The van der Waals surface area contributed by atoms with E-state index in [1.807, 2.05) is 31.2 Å². The molecule has 7 nitrogen and oxygen atoms in total. The molecule has 1 aromatic carbocycles. The number of sulfonamides is 1. The van der Waals surface area contributed by atoms with Gasteiger partial charge in [-0.05, 0) is 38.8 Å². The number of fused-ring (bicyclic) bond motifs is 1. The Bertz CT molecular complexity index is 963. The molecule has 1 aliphatic heterocycles. The van der Waals surface area contributed by atoms with E-state index in [2.05, 4.69) is 5.10 Å². The number of para-hydroxylation sites is 1. The van der Waals surface area contributed by atoms with Gasteiger partial charge in [-0.1, -0.05) is 18.2 Å². The molecule has 26 heavy (non-hydrogen) atoms. The van der Waals surface area contributed by atoms with Crippen molar-refractivity contribution in [1.29, 1.82) is 0 Å². The molecule has 0 spiro atoms. The van der Waals surface area contributed by atoms with E-state index < -0.39 is 10.0 Å². The Morgan fingerprint density at radius 1 is 1.27 bits per heavy atom. The molecule has 0 fully saturated rings. The first-order chi connectivity index (χ1) is 12.1. The van der Waals surface area contributed by atoms with Crippen LogP contribution < -0.4 is 4.90 Å². The van der Waals surface area contributed by atoms with Crippen LogP contribution >= 0.6 is 0 Å². The Hall–Kier alpha value is -2.19. The van der Waals surface area contributed by atoms with Crippen molar-refractivity contribution >= 4 is 21.6 Å². The van der Waals surface area contributed by atoms with Crippen LogP contribution in [0.3, 0.4) is 0 Å². The lowest BCUT2D eigenvalue weighted by atomic mass is 10.1. The Labute approximate surface area is 154 Å². The van der Waals surface area contributed by atoms with E-state index in [1.165, 1.54) is 18.8 Å². The summed E-state index contributed by atoms with van der Waals surface area (Å²) in [4.78, 5) is 14.9. The van der Waals surface area contributed by atoms with Crippen molar-refractivity contribution in [2.45, 2.75) is 44.7 Å². The summed E-state index contributed by atoms with van der Waals surface area (Å²) in [6.45, 7) is 5.36. The molecule has 0 N–H and O–H groups in total. The minimum absolute atomic E-state index is 0.00823. The molecule has 2 aromatic rings. The summed E-state index contributed by atoms with van der Waals surface area (Å²) in [6.07, 6.45) is 0.819. The topological polar surface area (TPSA) is 75.5 Å². The van der Waals surface area contributed by atoms with E-state index in [1.54, 1.807) is 18.7 Å². The number of hydrogen-bond donors (Lipinski definition) is 0.